The van der Waals surface area contributed by atoms with E-state index >= 15 is 0 Å². The Kier molecular flexibility index (Phi) is 11.5. The number of thiophene rings is 1. The second-order valence-electron chi connectivity index (χ2n) is 9.81. The lowest BCUT2D eigenvalue weighted by atomic mass is 9.88. The van der Waals surface area contributed by atoms with Gasteiger partial charge < -0.3 is 24.8 Å². The van der Waals surface area contributed by atoms with Gasteiger partial charge in [-0.25, -0.2) is 4.79 Å². The molecule has 0 radical (unpaired) electrons. The number of carbonyl (C=O) groups excluding carboxylic acids is 3. The Morgan fingerprint density at radius 3 is 2.00 bits per heavy atom. The molecule has 4 rings (SSSR count). The van der Waals surface area contributed by atoms with Crippen LogP contribution in [0.1, 0.15) is 68.7 Å². The van der Waals surface area contributed by atoms with Gasteiger partial charge in [0.2, 0.25) is 0 Å². The molecule has 43 heavy (non-hydrogen) atoms. The lowest BCUT2D eigenvalue weighted by molar-refractivity contribution is 0.0503. The first-order chi connectivity index (χ1) is 20.5. The van der Waals surface area contributed by atoms with E-state index in [0.717, 1.165) is 23.3 Å². The molecule has 1 atom stereocenters. The number of fused-ring (bicyclic) bond motifs is 1. The van der Waals surface area contributed by atoms with Crippen molar-refractivity contribution in [2.45, 2.75) is 40.0 Å². The number of hydrogen-bond donors (Lipinski definition) is 2. The molecule has 0 spiro atoms. The van der Waals surface area contributed by atoms with Crippen LogP contribution in [0.3, 0.4) is 0 Å². The lowest BCUT2D eigenvalue weighted by Crippen LogP contribution is -2.30. The highest BCUT2D eigenvalue weighted by Crippen LogP contribution is 2.41. The third-order valence-corrected chi connectivity index (χ3v) is 8.95. The molecule has 1 aliphatic rings. The van der Waals surface area contributed by atoms with Gasteiger partial charge in [0.05, 0.1) is 51.0 Å². The highest BCUT2D eigenvalue weighted by molar-refractivity contribution is 7.17. The van der Waals surface area contributed by atoms with Crippen LogP contribution in [-0.2, 0) is 17.6 Å². The molecule has 1 heterocycles. The molecular weight excluding hydrogens is 658 g/mol. The number of benzene rings is 2. The number of carbonyl (C=O) groups is 3. The van der Waals surface area contributed by atoms with Crippen molar-refractivity contribution in [3.8, 4) is 11.5 Å². The molecule has 0 saturated carbocycles. The number of hydrogen-bond acceptors (Lipinski definition) is 7. The van der Waals surface area contributed by atoms with Gasteiger partial charge in [-0.1, -0.05) is 53.3 Å². The summed E-state index contributed by atoms with van der Waals surface area (Å²) in [4.78, 5) is 40.3. The van der Waals surface area contributed by atoms with E-state index in [9.17, 15) is 14.4 Å². The summed E-state index contributed by atoms with van der Waals surface area (Å²) >= 11 is 26.4. The molecule has 2 aromatic carbocycles. The van der Waals surface area contributed by atoms with Crippen molar-refractivity contribution < 1.29 is 28.6 Å². The largest absolute Gasteiger partial charge is 0.491 e. The Balaban J connectivity index is 1.45. The van der Waals surface area contributed by atoms with Crippen molar-refractivity contribution >= 4 is 80.5 Å². The van der Waals surface area contributed by atoms with Gasteiger partial charge in [-0.3, -0.25) is 9.59 Å². The second-order valence-corrected chi connectivity index (χ2v) is 12.5. The van der Waals surface area contributed by atoms with Crippen LogP contribution in [0.15, 0.2) is 24.3 Å². The van der Waals surface area contributed by atoms with Crippen LogP contribution in [0.5, 0.6) is 11.5 Å². The van der Waals surface area contributed by atoms with E-state index in [1.54, 1.807) is 13.8 Å². The summed E-state index contributed by atoms with van der Waals surface area (Å²) in [5.74, 6) is -0.443. The van der Waals surface area contributed by atoms with Crippen molar-refractivity contribution in [1.82, 2.24) is 5.32 Å². The van der Waals surface area contributed by atoms with Gasteiger partial charge in [0.25, 0.3) is 11.8 Å². The van der Waals surface area contributed by atoms with E-state index in [2.05, 4.69) is 17.6 Å². The number of nitrogens with one attached hydrogen (secondary N) is 2. The number of amides is 2. The zero-order valence-electron chi connectivity index (χ0n) is 23.7. The minimum absolute atomic E-state index is 0.0432. The predicted molar refractivity (Wildman–Crippen MR) is 171 cm³/mol. The maximum absolute atomic E-state index is 13.4. The van der Waals surface area contributed by atoms with E-state index in [4.69, 9.17) is 60.6 Å². The smallest absolute Gasteiger partial charge is 0.338 e. The topological polar surface area (TPSA) is 103 Å². The third-order valence-electron chi connectivity index (χ3n) is 6.66. The Morgan fingerprint density at radius 1 is 0.884 bits per heavy atom. The molecule has 0 bridgehead atoms. The monoisotopic (exact) mass is 686 g/mol. The Hall–Kier alpha value is -2.69. The first-order valence-electron chi connectivity index (χ1n) is 13.7. The summed E-state index contributed by atoms with van der Waals surface area (Å²) < 4.78 is 16.2. The van der Waals surface area contributed by atoms with Crippen molar-refractivity contribution in [2.75, 3.05) is 31.7 Å². The van der Waals surface area contributed by atoms with Gasteiger partial charge in [-0.05, 0) is 68.9 Å². The maximum Gasteiger partial charge on any atom is 0.338 e. The van der Waals surface area contributed by atoms with Crippen molar-refractivity contribution in [1.29, 1.82) is 0 Å². The van der Waals surface area contributed by atoms with Crippen molar-refractivity contribution in [3.63, 3.8) is 0 Å². The summed E-state index contributed by atoms with van der Waals surface area (Å²) in [6, 6.07) is 5.78. The summed E-state index contributed by atoms with van der Waals surface area (Å²) in [7, 11) is 0. The van der Waals surface area contributed by atoms with Gasteiger partial charge in [0.1, 0.15) is 11.6 Å². The zero-order chi connectivity index (χ0) is 31.3. The molecule has 230 valence electrons. The number of anilines is 1. The molecular formula is C30H30Cl4N2O6S. The summed E-state index contributed by atoms with van der Waals surface area (Å²) in [6.45, 7) is 6.43. The number of esters is 1. The predicted octanol–water partition coefficient (Wildman–Crippen LogP) is 8.12. The van der Waals surface area contributed by atoms with E-state index in [1.165, 1.54) is 35.6 Å². The molecule has 1 aliphatic carbocycles. The van der Waals surface area contributed by atoms with Crippen LogP contribution in [0.2, 0.25) is 20.1 Å². The first-order valence-corrected chi connectivity index (χ1v) is 16.0. The third kappa shape index (κ3) is 7.88. The van der Waals surface area contributed by atoms with Crippen molar-refractivity contribution in [3.05, 3.63) is 71.5 Å². The van der Waals surface area contributed by atoms with Gasteiger partial charge in [-0.2, -0.15) is 0 Å². The molecule has 13 heteroatoms. The number of rotatable bonds is 11. The molecule has 0 fully saturated rings. The average molecular weight is 688 g/mol. The SMILES string of the molecule is CCOc1c(Cl)cc(C(=O)Nc2sc3c(c2C(=O)NCCOC(=O)c2cc(Cl)c(OCC)c(Cl)c2)CCC(C)C3)cc1Cl. The van der Waals surface area contributed by atoms with Crippen LogP contribution in [0.4, 0.5) is 5.00 Å². The van der Waals surface area contributed by atoms with Gasteiger partial charge >= 0.3 is 5.97 Å². The number of ether oxygens (including phenoxy) is 3. The molecule has 8 nitrogen and oxygen atoms in total. The Labute approximate surface area is 273 Å². The molecule has 2 amide bonds. The highest BCUT2D eigenvalue weighted by Gasteiger charge is 2.29. The summed E-state index contributed by atoms with van der Waals surface area (Å²) in [5.41, 5.74) is 1.70. The molecule has 1 aromatic heterocycles. The highest BCUT2D eigenvalue weighted by atomic mass is 35.5. The molecule has 2 N–H and O–H groups in total. The normalized spacial score (nSPS) is 14.1. The molecule has 3 aromatic rings. The van der Waals surface area contributed by atoms with E-state index in [-0.39, 0.29) is 50.3 Å². The molecule has 0 saturated heterocycles. The van der Waals surface area contributed by atoms with Crippen LogP contribution >= 0.6 is 57.7 Å². The zero-order valence-corrected chi connectivity index (χ0v) is 27.5. The summed E-state index contributed by atoms with van der Waals surface area (Å²) in [6.07, 6.45) is 2.44. The fraction of sp³-hybridized carbons (Fsp3) is 0.367. The van der Waals surface area contributed by atoms with Gasteiger partial charge in [0, 0.05) is 10.4 Å². The van der Waals surface area contributed by atoms with Crippen LogP contribution in [-0.4, -0.2) is 44.1 Å². The Morgan fingerprint density at radius 2 is 1.44 bits per heavy atom. The fourth-order valence-corrected chi connectivity index (χ4v) is 7.26. The van der Waals surface area contributed by atoms with Crippen LogP contribution < -0.4 is 20.1 Å². The van der Waals surface area contributed by atoms with Crippen molar-refractivity contribution in [2.24, 2.45) is 5.92 Å². The fourth-order valence-electron chi connectivity index (χ4n) is 4.67. The summed E-state index contributed by atoms with van der Waals surface area (Å²) in [5, 5.41) is 6.91. The van der Waals surface area contributed by atoms with E-state index < -0.39 is 11.9 Å². The van der Waals surface area contributed by atoms with Gasteiger partial charge in [-0.15, -0.1) is 11.3 Å². The molecule has 1 unspecified atom stereocenters. The van der Waals surface area contributed by atoms with Gasteiger partial charge in [0.15, 0.2) is 11.5 Å². The lowest BCUT2D eigenvalue weighted by Gasteiger charge is -2.18. The van der Waals surface area contributed by atoms with E-state index in [1.807, 2.05) is 0 Å². The maximum atomic E-state index is 13.4. The minimum Gasteiger partial charge on any atom is -0.491 e. The number of halogens is 4. The van der Waals surface area contributed by atoms with E-state index in [0.29, 0.717) is 47.6 Å². The van der Waals surface area contributed by atoms with Crippen LogP contribution in [0.25, 0.3) is 0 Å². The quantitative estimate of drug-likeness (QED) is 0.156. The minimum atomic E-state index is -0.649. The molecule has 0 aliphatic heterocycles. The second kappa shape index (κ2) is 14.9. The first kappa shape index (κ1) is 33.2. The Bertz CT molecular complexity index is 1500. The standard InChI is InChI=1S/C30H30Cl4N2O6S/c1-4-40-25-19(31)11-16(12-20(25)32)27(37)36-29-24(18-7-6-15(3)10-23(18)43-29)28(38)35-8-9-42-30(39)17-13-21(33)26(41-5-2)22(34)14-17/h11-15H,4-10H2,1-3H3,(H,35,38)(H,36,37). The van der Waals surface area contributed by atoms with Crippen LogP contribution in [0, 0.1) is 5.92 Å². The average Bonchev–Trinajstić information content (AvgIpc) is 3.31.